The summed E-state index contributed by atoms with van der Waals surface area (Å²) < 4.78 is 0. The van der Waals surface area contributed by atoms with E-state index in [0.29, 0.717) is 6.54 Å². The third-order valence-corrected chi connectivity index (χ3v) is 3.78. The normalized spacial score (nSPS) is 13.7. The molecule has 0 amide bonds. The number of nitrogens with zero attached hydrogens (tertiary/aromatic N) is 1. The van der Waals surface area contributed by atoms with Crippen molar-refractivity contribution >= 4 is 5.69 Å². The molecule has 21 heavy (non-hydrogen) atoms. The molecule has 0 aliphatic carbocycles. The first-order chi connectivity index (χ1) is 10.1. The zero-order valence-corrected chi connectivity index (χ0v) is 13.0. The summed E-state index contributed by atoms with van der Waals surface area (Å²) in [7, 11) is 3.89. The smallest absolute Gasteiger partial charge is 0.0909 e. The van der Waals surface area contributed by atoms with Crippen LogP contribution < -0.4 is 10.2 Å². The highest BCUT2D eigenvalue weighted by Crippen LogP contribution is 2.28. The minimum atomic E-state index is -0.483. The van der Waals surface area contributed by atoms with Crippen LogP contribution in [0.15, 0.2) is 54.6 Å². The largest absolute Gasteiger partial charge is 0.389 e. The van der Waals surface area contributed by atoms with Crippen molar-refractivity contribution in [3.63, 3.8) is 0 Å². The summed E-state index contributed by atoms with van der Waals surface area (Å²) in [6.45, 7) is 2.63. The van der Waals surface area contributed by atoms with E-state index in [-0.39, 0.29) is 6.04 Å². The third-order valence-electron chi connectivity index (χ3n) is 3.78. The number of aliphatic hydroxyl groups is 1. The van der Waals surface area contributed by atoms with Crippen LogP contribution in [0.5, 0.6) is 0 Å². The molecule has 3 heteroatoms. The van der Waals surface area contributed by atoms with Gasteiger partial charge in [-0.2, -0.15) is 0 Å². The second kappa shape index (κ2) is 7.25. The fraction of sp³-hybridized carbons (Fsp3) is 0.333. The summed E-state index contributed by atoms with van der Waals surface area (Å²) in [5.41, 5.74) is 3.45. The van der Waals surface area contributed by atoms with Crippen molar-refractivity contribution in [3.05, 3.63) is 65.7 Å². The first kappa shape index (κ1) is 15.5. The Hall–Kier alpha value is -1.84. The quantitative estimate of drug-likeness (QED) is 0.856. The highest BCUT2D eigenvalue weighted by molar-refractivity contribution is 5.49. The van der Waals surface area contributed by atoms with Crippen LogP contribution >= 0.6 is 0 Å². The van der Waals surface area contributed by atoms with Gasteiger partial charge in [0.15, 0.2) is 0 Å². The van der Waals surface area contributed by atoms with E-state index < -0.39 is 6.10 Å². The van der Waals surface area contributed by atoms with Crippen LogP contribution in [-0.2, 0) is 0 Å². The summed E-state index contributed by atoms with van der Waals surface area (Å²) in [5.74, 6) is 0. The predicted molar refractivity (Wildman–Crippen MR) is 88.7 cm³/mol. The van der Waals surface area contributed by atoms with E-state index in [1.807, 2.05) is 32.3 Å². The molecule has 0 unspecified atom stereocenters. The molecule has 0 aliphatic rings. The molecule has 0 saturated heterocycles. The number of hydrogen-bond acceptors (Lipinski definition) is 3. The summed E-state index contributed by atoms with van der Waals surface area (Å²) >= 11 is 0. The Balaban J connectivity index is 2.32. The lowest BCUT2D eigenvalue weighted by Crippen LogP contribution is -2.39. The van der Waals surface area contributed by atoms with Crippen molar-refractivity contribution in [2.75, 3.05) is 25.5 Å². The standard InChI is InChI=1S/C18H24N2O/c1-14-9-11-16(12-10-14)20(3)18(17(21)13-19-2)15-7-5-4-6-8-15/h4-12,17-19,21H,13H2,1-3H3/t17-,18+/m1/s1. The van der Waals surface area contributed by atoms with E-state index in [0.717, 1.165) is 11.3 Å². The number of likely N-dealkylation sites (N-methyl/N-ethyl adjacent to an activating group) is 2. The summed E-state index contributed by atoms with van der Waals surface area (Å²) in [6.07, 6.45) is -0.483. The molecule has 2 rings (SSSR count). The van der Waals surface area contributed by atoms with Gasteiger partial charge in [0.2, 0.25) is 0 Å². The molecule has 112 valence electrons. The number of aliphatic hydroxyl groups excluding tert-OH is 1. The van der Waals surface area contributed by atoms with Gasteiger partial charge in [-0.1, -0.05) is 48.0 Å². The van der Waals surface area contributed by atoms with Gasteiger partial charge < -0.3 is 15.3 Å². The molecule has 2 aromatic rings. The number of anilines is 1. The van der Waals surface area contributed by atoms with E-state index in [2.05, 4.69) is 53.5 Å². The van der Waals surface area contributed by atoms with Crippen LogP contribution in [0.3, 0.4) is 0 Å². The number of rotatable bonds is 6. The van der Waals surface area contributed by atoms with E-state index in [4.69, 9.17) is 0 Å². The molecule has 0 aromatic heterocycles. The van der Waals surface area contributed by atoms with E-state index in [9.17, 15) is 5.11 Å². The van der Waals surface area contributed by atoms with Crippen LogP contribution in [-0.4, -0.2) is 31.9 Å². The number of nitrogens with one attached hydrogen (secondary N) is 1. The van der Waals surface area contributed by atoms with Crippen LogP contribution in [0.2, 0.25) is 0 Å². The molecule has 0 radical (unpaired) electrons. The fourth-order valence-electron chi connectivity index (χ4n) is 2.62. The van der Waals surface area contributed by atoms with Gasteiger partial charge >= 0.3 is 0 Å². The second-order valence-electron chi connectivity index (χ2n) is 5.43. The molecule has 3 nitrogen and oxygen atoms in total. The molecular formula is C18H24N2O. The molecule has 2 atom stereocenters. The van der Waals surface area contributed by atoms with Gasteiger partial charge in [-0.15, -0.1) is 0 Å². The Morgan fingerprint density at radius 1 is 1.05 bits per heavy atom. The maximum absolute atomic E-state index is 10.5. The minimum absolute atomic E-state index is 0.0821. The molecule has 0 spiro atoms. The average Bonchev–Trinajstić information content (AvgIpc) is 2.49. The minimum Gasteiger partial charge on any atom is -0.389 e. The maximum atomic E-state index is 10.5. The molecular weight excluding hydrogens is 260 g/mol. The SMILES string of the molecule is CNC[C@@H](O)[C@H](c1ccccc1)N(C)c1ccc(C)cc1. The number of benzene rings is 2. The van der Waals surface area contributed by atoms with E-state index >= 15 is 0 Å². The molecule has 2 aromatic carbocycles. The zero-order valence-electron chi connectivity index (χ0n) is 13.0. The Labute approximate surface area is 127 Å². The second-order valence-corrected chi connectivity index (χ2v) is 5.43. The molecule has 0 heterocycles. The van der Waals surface area contributed by atoms with Crippen LogP contribution in [0.25, 0.3) is 0 Å². The van der Waals surface area contributed by atoms with Crippen LogP contribution in [0.1, 0.15) is 17.2 Å². The van der Waals surface area contributed by atoms with Crippen molar-refractivity contribution in [1.29, 1.82) is 0 Å². The third kappa shape index (κ3) is 3.84. The first-order valence-electron chi connectivity index (χ1n) is 7.30. The monoisotopic (exact) mass is 284 g/mol. The van der Waals surface area contributed by atoms with Gasteiger partial charge in [0, 0.05) is 19.3 Å². The molecule has 2 N–H and O–H groups in total. The van der Waals surface area contributed by atoms with Gasteiger partial charge in [0.05, 0.1) is 12.1 Å². The molecule has 0 fully saturated rings. The van der Waals surface area contributed by atoms with Crippen LogP contribution in [0, 0.1) is 6.92 Å². The highest BCUT2D eigenvalue weighted by Gasteiger charge is 2.25. The number of aryl methyl sites for hydroxylation is 1. The van der Waals surface area contributed by atoms with Gasteiger partial charge in [0.1, 0.15) is 0 Å². The predicted octanol–water partition coefficient (Wildman–Crippen LogP) is 2.75. The van der Waals surface area contributed by atoms with E-state index in [1.165, 1.54) is 5.56 Å². The maximum Gasteiger partial charge on any atom is 0.0909 e. The zero-order chi connectivity index (χ0) is 15.2. The lowest BCUT2D eigenvalue weighted by molar-refractivity contribution is 0.142. The van der Waals surface area contributed by atoms with Crippen molar-refractivity contribution in [2.45, 2.75) is 19.1 Å². The topological polar surface area (TPSA) is 35.5 Å². The van der Waals surface area contributed by atoms with Gasteiger partial charge in [-0.3, -0.25) is 0 Å². The van der Waals surface area contributed by atoms with Crippen molar-refractivity contribution in [3.8, 4) is 0 Å². The van der Waals surface area contributed by atoms with Crippen molar-refractivity contribution in [2.24, 2.45) is 0 Å². The summed E-state index contributed by atoms with van der Waals surface area (Å²) in [5, 5.41) is 13.6. The Morgan fingerprint density at radius 2 is 1.67 bits per heavy atom. The van der Waals surface area contributed by atoms with Crippen molar-refractivity contribution in [1.82, 2.24) is 5.32 Å². The Morgan fingerprint density at radius 3 is 2.24 bits per heavy atom. The number of hydrogen-bond donors (Lipinski definition) is 2. The van der Waals surface area contributed by atoms with Crippen molar-refractivity contribution < 1.29 is 5.11 Å². The lowest BCUT2D eigenvalue weighted by Gasteiger charge is -2.34. The average molecular weight is 284 g/mol. The van der Waals surface area contributed by atoms with Gasteiger partial charge in [0.25, 0.3) is 0 Å². The Kier molecular flexibility index (Phi) is 5.37. The van der Waals surface area contributed by atoms with Gasteiger partial charge in [-0.25, -0.2) is 0 Å². The molecule has 0 bridgehead atoms. The molecule has 0 aliphatic heterocycles. The highest BCUT2D eigenvalue weighted by atomic mass is 16.3. The Bertz CT molecular complexity index is 539. The first-order valence-corrected chi connectivity index (χ1v) is 7.30. The molecule has 0 saturated carbocycles. The van der Waals surface area contributed by atoms with Gasteiger partial charge in [-0.05, 0) is 31.7 Å². The van der Waals surface area contributed by atoms with Crippen LogP contribution in [0.4, 0.5) is 5.69 Å². The van der Waals surface area contributed by atoms with E-state index in [1.54, 1.807) is 0 Å². The lowest BCUT2D eigenvalue weighted by atomic mass is 9.99. The summed E-state index contributed by atoms with van der Waals surface area (Å²) in [4.78, 5) is 2.14. The summed E-state index contributed by atoms with van der Waals surface area (Å²) in [6, 6.07) is 18.4. The fourth-order valence-corrected chi connectivity index (χ4v) is 2.62.